The van der Waals surface area contributed by atoms with Gasteiger partial charge in [-0.15, -0.1) is 0 Å². The molecule has 0 aliphatic carbocycles. The molecule has 11 rings (SSSR count). The molecule has 10 aromatic rings. The summed E-state index contributed by atoms with van der Waals surface area (Å²) in [6.07, 6.45) is 13.3. The lowest BCUT2D eigenvalue weighted by Gasteiger charge is -2.23. The molecule has 1 aliphatic heterocycles. The van der Waals surface area contributed by atoms with Crippen LogP contribution in [0.5, 0.6) is 0 Å². The summed E-state index contributed by atoms with van der Waals surface area (Å²) in [4.78, 5) is 0. The van der Waals surface area contributed by atoms with Gasteiger partial charge in [0.1, 0.15) is 51.0 Å². The highest BCUT2D eigenvalue weighted by molar-refractivity contribution is 6.10. The normalized spacial score (nSPS) is 12.8. The third-order valence-corrected chi connectivity index (χ3v) is 13.6. The maximum absolute atomic E-state index is 6.15. The van der Waals surface area contributed by atoms with E-state index in [2.05, 4.69) is 177 Å². The number of methoxy groups -OCH3 is 4. The lowest BCUT2D eigenvalue weighted by atomic mass is 9.83. The summed E-state index contributed by atoms with van der Waals surface area (Å²) >= 11 is 0. The molecule has 0 radical (unpaired) electrons. The molecular formula is C58H54N4O4+2. The quantitative estimate of drug-likeness (QED) is 0.143. The smallest absolute Gasteiger partial charge is 0.244 e. The van der Waals surface area contributed by atoms with Crippen molar-refractivity contribution in [1.29, 1.82) is 0 Å². The standard InChI is InChI=1S/C58H54N4O4/c1-63-33-51-43-25-39-13-5-9-17-47(39)55(51)56-48-18-10-6-14-40(48)26-44(52(56)34-64-2)30-61-23-24-62(38-61)32-46-28-42-16-8-12-20-50(42)58(54(46)36-66-4)57-49-19-11-7-15-41(49)27-45(53(57)35-65-3)31-60-22-21-59(29-43)37-60/h5-28,37-38H,29-36H2,1-4H3/q+2. The van der Waals surface area contributed by atoms with Crippen LogP contribution < -0.4 is 9.13 Å². The van der Waals surface area contributed by atoms with Gasteiger partial charge in [-0.2, -0.15) is 0 Å². The first-order valence-corrected chi connectivity index (χ1v) is 22.7. The Morgan fingerprint density at radius 1 is 0.394 bits per heavy atom. The first kappa shape index (κ1) is 41.7. The van der Waals surface area contributed by atoms with Gasteiger partial charge in [-0.1, -0.05) is 97.1 Å². The number of benzene rings is 8. The SMILES string of the molecule is COCc1c2cc3ccccc3c1-c1c(COC)c(cc3ccccc13)C[n+]1ccn(c1)Cc1cc3ccccc3c(c1COC)-c1c(COC)c(cc3ccccc13)C[n+]1ccn(c1)C2. The maximum atomic E-state index is 6.15. The summed E-state index contributed by atoms with van der Waals surface area (Å²) in [5.74, 6) is 0. The molecule has 0 atom stereocenters. The van der Waals surface area contributed by atoms with E-state index in [-0.39, 0.29) is 0 Å². The zero-order valence-electron chi connectivity index (χ0n) is 38.1. The molecular weight excluding hydrogens is 817 g/mol. The molecule has 8 aromatic carbocycles. The number of nitrogens with zero attached hydrogens (tertiary/aromatic N) is 4. The van der Waals surface area contributed by atoms with Crippen LogP contribution in [0.1, 0.15) is 44.5 Å². The summed E-state index contributed by atoms with van der Waals surface area (Å²) in [5.41, 5.74) is 14.4. The van der Waals surface area contributed by atoms with Crippen molar-refractivity contribution >= 4 is 43.1 Å². The topological polar surface area (TPSA) is 54.5 Å². The Kier molecular flexibility index (Phi) is 11.3. The minimum Gasteiger partial charge on any atom is -0.380 e. The van der Waals surface area contributed by atoms with Crippen LogP contribution in [0, 0.1) is 0 Å². The van der Waals surface area contributed by atoms with Gasteiger partial charge in [0.2, 0.25) is 12.7 Å². The van der Waals surface area contributed by atoms with E-state index in [0.29, 0.717) is 52.6 Å². The number of rotatable bonds is 8. The van der Waals surface area contributed by atoms with Gasteiger partial charge in [-0.25, -0.2) is 18.3 Å². The average molecular weight is 871 g/mol. The molecule has 8 heteroatoms. The molecule has 3 heterocycles. The zero-order valence-corrected chi connectivity index (χ0v) is 38.1. The van der Waals surface area contributed by atoms with E-state index in [0.717, 1.165) is 0 Å². The first-order valence-electron chi connectivity index (χ1n) is 22.7. The summed E-state index contributed by atoms with van der Waals surface area (Å²) in [7, 11) is 7.22. The Labute approximate surface area is 385 Å². The fraction of sp³-hybridized carbons (Fsp3) is 0.207. The summed E-state index contributed by atoms with van der Waals surface area (Å²) in [6, 6.07) is 44.6. The Morgan fingerprint density at radius 2 is 0.682 bits per heavy atom. The molecule has 0 unspecified atom stereocenters. The Hall–Kier alpha value is -6.94. The van der Waals surface area contributed by atoms with Crippen LogP contribution in [0.2, 0.25) is 0 Å². The molecule has 0 amide bonds. The highest BCUT2D eigenvalue weighted by Gasteiger charge is 2.27. The fourth-order valence-electron chi connectivity index (χ4n) is 10.8. The van der Waals surface area contributed by atoms with Gasteiger partial charge in [0.15, 0.2) is 0 Å². The lowest BCUT2D eigenvalue weighted by molar-refractivity contribution is -0.688. The lowest BCUT2D eigenvalue weighted by Crippen LogP contribution is -2.32. The third kappa shape index (κ3) is 7.46. The maximum Gasteiger partial charge on any atom is 0.244 e. The van der Waals surface area contributed by atoms with Gasteiger partial charge >= 0.3 is 0 Å². The first-order chi connectivity index (χ1) is 32.5. The minimum atomic E-state index is 0.458. The van der Waals surface area contributed by atoms with Crippen LogP contribution in [-0.2, 0) is 71.6 Å². The predicted molar refractivity (Wildman–Crippen MR) is 262 cm³/mol. The van der Waals surface area contributed by atoms with Gasteiger partial charge in [0.05, 0.1) is 26.4 Å². The monoisotopic (exact) mass is 870 g/mol. The van der Waals surface area contributed by atoms with Crippen LogP contribution in [0.4, 0.5) is 0 Å². The number of hydrogen-bond donors (Lipinski definition) is 0. The Balaban J connectivity index is 1.21. The van der Waals surface area contributed by atoms with Crippen LogP contribution in [0.25, 0.3) is 65.3 Å². The van der Waals surface area contributed by atoms with Crippen molar-refractivity contribution in [2.45, 2.75) is 52.6 Å². The minimum absolute atomic E-state index is 0.458. The van der Waals surface area contributed by atoms with Crippen molar-refractivity contribution in [3.63, 3.8) is 0 Å². The fourth-order valence-corrected chi connectivity index (χ4v) is 10.8. The molecule has 66 heavy (non-hydrogen) atoms. The van der Waals surface area contributed by atoms with Crippen molar-refractivity contribution in [3.8, 4) is 22.3 Å². The molecule has 0 saturated heterocycles. The number of fused-ring (bicyclic) bond motifs is 22. The van der Waals surface area contributed by atoms with Gasteiger partial charge in [-0.05, 0) is 112 Å². The van der Waals surface area contributed by atoms with Gasteiger partial charge in [0, 0.05) is 50.7 Å². The second kappa shape index (κ2) is 17.8. The summed E-state index contributed by atoms with van der Waals surface area (Å²) in [6.45, 7) is 4.49. The molecule has 0 N–H and O–H groups in total. The van der Waals surface area contributed by atoms with Crippen molar-refractivity contribution in [2.24, 2.45) is 0 Å². The molecule has 2 aromatic heterocycles. The number of aromatic nitrogens is 4. The van der Waals surface area contributed by atoms with Crippen LogP contribution in [-0.4, -0.2) is 37.6 Å². The van der Waals surface area contributed by atoms with Crippen molar-refractivity contribution in [2.75, 3.05) is 28.4 Å². The second-order valence-corrected chi connectivity index (χ2v) is 17.7. The molecule has 0 fully saturated rings. The molecule has 0 spiro atoms. The van der Waals surface area contributed by atoms with Crippen LogP contribution in [0.15, 0.2) is 159 Å². The van der Waals surface area contributed by atoms with Crippen molar-refractivity contribution in [1.82, 2.24) is 9.13 Å². The molecule has 8 nitrogen and oxygen atoms in total. The summed E-state index contributed by atoms with van der Waals surface area (Å²) < 4.78 is 33.8. The van der Waals surface area contributed by atoms with Crippen molar-refractivity contribution in [3.05, 3.63) is 203 Å². The van der Waals surface area contributed by atoms with E-state index in [1.807, 2.05) is 0 Å². The Morgan fingerprint density at radius 3 is 1.00 bits per heavy atom. The molecule has 1 aliphatic rings. The van der Waals surface area contributed by atoms with Crippen LogP contribution in [0.3, 0.4) is 0 Å². The molecule has 328 valence electrons. The highest BCUT2D eigenvalue weighted by atomic mass is 16.5. The molecule has 0 saturated carbocycles. The second-order valence-electron chi connectivity index (χ2n) is 17.7. The van der Waals surface area contributed by atoms with E-state index in [9.17, 15) is 0 Å². The van der Waals surface area contributed by atoms with Gasteiger partial charge < -0.3 is 18.9 Å². The van der Waals surface area contributed by atoms with E-state index in [1.165, 1.54) is 110 Å². The van der Waals surface area contributed by atoms with E-state index >= 15 is 0 Å². The largest absolute Gasteiger partial charge is 0.380 e. The number of imidazole rings is 2. The van der Waals surface area contributed by atoms with E-state index in [1.54, 1.807) is 28.4 Å². The number of hydrogen-bond acceptors (Lipinski definition) is 4. The van der Waals surface area contributed by atoms with E-state index < -0.39 is 0 Å². The van der Waals surface area contributed by atoms with Gasteiger partial charge in [0.25, 0.3) is 0 Å². The predicted octanol–water partition coefficient (Wildman–Crippen LogP) is 10.9. The third-order valence-electron chi connectivity index (χ3n) is 13.6. The highest BCUT2D eigenvalue weighted by Crippen LogP contribution is 2.45. The average Bonchev–Trinajstić information content (AvgIpc) is 3.98. The number of ether oxygens (including phenoxy) is 4. The molecule has 12 bridgehead atoms. The Bertz CT molecular complexity index is 3000. The van der Waals surface area contributed by atoms with E-state index in [4.69, 9.17) is 18.9 Å². The van der Waals surface area contributed by atoms with Crippen molar-refractivity contribution < 1.29 is 28.1 Å². The van der Waals surface area contributed by atoms with Gasteiger partial charge in [-0.3, -0.25) is 0 Å². The van der Waals surface area contributed by atoms with Crippen LogP contribution >= 0.6 is 0 Å². The zero-order chi connectivity index (χ0) is 44.7. The summed E-state index contributed by atoms with van der Waals surface area (Å²) in [5, 5.41) is 9.56.